The first-order valence-electron chi connectivity index (χ1n) is 13.3. The Morgan fingerprint density at radius 1 is 0.476 bits per heavy atom. The van der Waals surface area contributed by atoms with Crippen LogP contribution in [0.4, 0.5) is 0 Å². The summed E-state index contributed by atoms with van der Waals surface area (Å²) >= 11 is 8.15. The van der Waals surface area contributed by atoms with Gasteiger partial charge in [0.25, 0.3) is 0 Å². The number of alkyl halides is 2. The molecule has 0 aliphatic carbocycles. The van der Waals surface area contributed by atoms with E-state index in [4.69, 9.17) is 28.4 Å². The molecule has 0 amide bonds. The van der Waals surface area contributed by atoms with Gasteiger partial charge in [0.15, 0.2) is 34.5 Å². The van der Waals surface area contributed by atoms with Crippen LogP contribution in [0.5, 0.6) is 34.5 Å². The van der Waals surface area contributed by atoms with Crippen molar-refractivity contribution >= 4 is 61.1 Å². The Balaban J connectivity index is 0.000000772. The highest BCUT2D eigenvalue weighted by Gasteiger charge is 2.06. The molecular weight excluding hydrogens is 826 g/mol. The normalized spacial score (nSPS) is 9.64. The molecule has 3 aromatic carbocycles. The molecule has 9 heteroatoms. The van der Waals surface area contributed by atoms with Gasteiger partial charge in [-0.15, -0.1) is 0 Å². The lowest BCUT2D eigenvalue weighted by Crippen LogP contribution is -1.95. The number of benzene rings is 3. The molecule has 0 saturated carbocycles. The number of ether oxygens (including phenoxy) is 6. The van der Waals surface area contributed by atoms with E-state index in [2.05, 4.69) is 85.4 Å². The molecule has 0 aromatic heterocycles. The van der Waals surface area contributed by atoms with E-state index in [1.807, 2.05) is 30.3 Å². The number of methoxy groups -OCH3 is 6. The van der Waals surface area contributed by atoms with Gasteiger partial charge in [-0.1, -0.05) is 80.7 Å². The van der Waals surface area contributed by atoms with Gasteiger partial charge in [0, 0.05) is 4.47 Å². The Labute approximate surface area is 289 Å². The van der Waals surface area contributed by atoms with Gasteiger partial charge in [0.05, 0.1) is 42.7 Å². The first kappa shape index (κ1) is 40.4. The fourth-order valence-electron chi connectivity index (χ4n) is 3.73. The molecule has 0 aliphatic rings. The average Bonchev–Trinajstić information content (AvgIpc) is 3.02. The summed E-state index contributed by atoms with van der Waals surface area (Å²) < 4.78 is 35.0. The van der Waals surface area contributed by atoms with Crippen molar-refractivity contribution in [1.82, 2.24) is 0 Å². The third-order valence-electron chi connectivity index (χ3n) is 5.94. The van der Waals surface area contributed by atoms with Gasteiger partial charge in [-0.2, -0.15) is 0 Å². The van der Waals surface area contributed by atoms with Crippen LogP contribution in [0.3, 0.4) is 0 Å². The van der Waals surface area contributed by atoms with Crippen LogP contribution in [0.15, 0.2) is 59.1 Å². The Morgan fingerprint density at radius 3 is 1.14 bits per heavy atom. The third kappa shape index (κ3) is 15.2. The third-order valence-corrected chi connectivity index (χ3v) is 7.96. The van der Waals surface area contributed by atoms with Gasteiger partial charge in [-0.3, -0.25) is 0 Å². The van der Waals surface area contributed by atoms with Gasteiger partial charge in [0.2, 0.25) is 0 Å². The second-order valence-corrected chi connectivity index (χ2v) is 11.7. The topological polar surface area (TPSA) is 55.4 Å². The van der Waals surface area contributed by atoms with E-state index in [1.165, 1.54) is 32.8 Å². The SMILES string of the molecule is C.COc1ccc(Br)cc1OC.COc1ccc(CCCCc2ccc(OC)c(OC)c2)cc1OC.ICCCCI. The zero-order valence-corrected chi connectivity index (χ0v) is 30.8. The molecule has 42 heavy (non-hydrogen) atoms. The predicted molar refractivity (Wildman–Crippen MR) is 197 cm³/mol. The monoisotopic (exact) mass is 872 g/mol. The van der Waals surface area contributed by atoms with Crippen LogP contribution in [-0.4, -0.2) is 51.5 Å². The molecule has 0 atom stereocenters. The van der Waals surface area contributed by atoms with Gasteiger partial charge in [-0.25, -0.2) is 0 Å². The number of rotatable bonds is 14. The number of unbranched alkanes of at least 4 members (excludes halogenated alkanes) is 2. The van der Waals surface area contributed by atoms with Crippen molar-refractivity contribution in [2.75, 3.05) is 51.5 Å². The van der Waals surface area contributed by atoms with Crippen molar-refractivity contribution in [3.05, 3.63) is 70.2 Å². The molecule has 0 fully saturated rings. The highest BCUT2D eigenvalue weighted by atomic mass is 127. The van der Waals surface area contributed by atoms with Crippen LogP contribution >= 0.6 is 61.1 Å². The van der Waals surface area contributed by atoms with Crippen LogP contribution in [0.2, 0.25) is 0 Å². The fourth-order valence-corrected chi connectivity index (χ4v) is 5.15. The van der Waals surface area contributed by atoms with Crippen LogP contribution in [-0.2, 0) is 12.8 Å². The largest absolute Gasteiger partial charge is 0.493 e. The van der Waals surface area contributed by atoms with Crippen LogP contribution in [0.1, 0.15) is 44.2 Å². The number of hydrogen-bond donors (Lipinski definition) is 0. The molecule has 0 radical (unpaired) electrons. The molecule has 0 spiro atoms. The van der Waals surface area contributed by atoms with Crippen molar-refractivity contribution < 1.29 is 28.4 Å². The van der Waals surface area contributed by atoms with Gasteiger partial charge < -0.3 is 28.4 Å². The minimum atomic E-state index is 0. The Kier molecular flexibility index (Phi) is 23.9. The summed E-state index contributed by atoms with van der Waals surface area (Å²) in [7, 11) is 9.87. The summed E-state index contributed by atoms with van der Waals surface area (Å²) in [5.41, 5.74) is 2.53. The van der Waals surface area contributed by atoms with Crippen molar-refractivity contribution in [3.63, 3.8) is 0 Å². The van der Waals surface area contributed by atoms with Crippen molar-refractivity contribution in [2.24, 2.45) is 0 Å². The maximum atomic E-state index is 5.35. The number of aryl methyl sites for hydroxylation is 2. The molecule has 3 aromatic rings. The summed E-state index contributed by atoms with van der Waals surface area (Å²) in [4.78, 5) is 0. The molecule has 3 rings (SSSR count). The van der Waals surface area contributed by atoms with Crippen molar-refractivity contribution in [1.29, 1.82) is 0 Å². The van der Waals surface area contributed by atoms with Crippen LogP contribution in [0.25, 0.3) is 0 Å². The molecule has 0 heterocycles. The Morgan fingerprint density at radius 2 is 0.810 bits per heavy atom. The predicted octanol–water partition coefficient (Wildman–Crippen LogP) is 10.0. The van der Waals surface area contributed by atoms with E-state index in [0.29, 0.717) is 0 Å². The molecule has 0 unspecified atom stereocenters. The van der Waals surface area contributed by atoms with E-state index in [-0.39, 0.29) is 7.43 Å². The summed E-state index contributed by atoms with van der Waals surface area (Å²) in [6.07, 6.45) is 7.06. The minimum Gasteiger partial charge on any atom is -0.493 e. The molecular formula is C33H47BrI2O6. The molecule has 0 saturated heterocycles. The first-order valence-corrected chi connectivity index (χ1v) is 17.2. The lowest BCUT2D eigenvalue weighted by Gasteiger charge is -2.10. The van der Waals surface area contributed by atoms with E-state index in [9.17, 15) is 0 Å². The van der Waals surface area contributed by atoms with Crippen LogP contribution < -0.4 is 28.4 Å². The Hall–Kier alpha value is -1.60. The lowest BCUT2D eigenvalue weighted by atomic mass is 10.0. The van der Waals surface area contributed by atoms with Gasteiger partial charge in [0.1, 0.15) is 0 Å². The van der Waals surface area contributed by atoms with Crippen molar-refractivity contribution in [2.45, 2.75) is 46.0 Å². The summed E-state index contributed by atoms with van der Waals surface area (Å²) in [5, 5.41) is 0. The quantitative estimate of drug-likeness (QED) is 0.0914. The van der Waals surface area contributed by atoms with Crippen molar-refractivity contribution in [3.8, 4) is 34.5 Å². The highest BCUT2D eigenvalue weighted by molar-refractivity contribution is 14.1. The molecule has 236 valence electrons. The molecule has 0 N–H and O–H groups in total. The van der Waals surface area contributed by atoms with E-state index >= 15 is 0 Å². The van der Waals surface area contributed by atoms with E-state index in [0.717, 1.165) is 64.7 Å². The highest BCUT2D eigenvalue weighted by Crippen LogP contribution is 2.30. The zero-order chi connectivity index (χ0) is 30.5. The van der Waals surface area contributed by atoms with E-state index in [1.54, 1.807) is 42.7 Å². The van der Waals surface area contributed by atoms with Gasteiger partial charge >= 0.3 is 0 Å². The minimum absolute atomic E-state index is 0. The smallest absolute Gasteiger partial charge is 0.161 e. The summed E-state index contributed by atoms with van der Waals surface area (Å²) in [6.45, 7) is 0. The maximum absolute atomic E-state index is 5.35. The lowest BCUT2D eigenvalue weighted by molar-refractivity contribution is 0.354. The number of hydrogen-bond acceptors (Lipinski definition) is 6. The zero-order valence-electron chi connectivity index (χ0n) is 24.9. The second kappa shape index (κ2) is 24.8. The maximum Gasteiger partial charge on any atom is 0.161 e. The Bertz CT molecular complexity index is 1070. The second-order valence-electron chi connectivity index (χ2n) is 8.67. The fraction of sp³-hybridized carbons (Fsp3) is 0.455. The molecule has 0 aliphatic heterocycles. The van der Waals surface area contributed by atoms with Gasteiger partial charge in [-0.05, 0) is 101 Å². The number of halogens is 3. The molecule has 6 nitrogen and oxygen atoms in total. The standard InChI is InChI=1S/C20H26O4.C8H9BrO2.C4H8I2.CH4/c1-21-17-11-9-15(13-19(17)23-3)7-5-6-8-16-10-12-18(22-2)20(14-16)24-4;1-10-7-4-3-6(9)5-8(7)11-2;5-3-1-2-4-6;/h9-14H,5-8H2,1-4H3;3-5H,1-2H3;1-4H2;1H4. The molecule has 0 bridgehead atoms. The summed E-state index contributed by atoms with van der Waals surface area (Å²) in [6, 6.07) is 17.8. The summed E-state index contributed by atoms with van der Waals surface area (Å²) in [5.74, 6) is 4.60. The first-order chi connectivity index (χ1) is 19.9. The van der Waals surface area contributed by atoms with E-state index < -0.39 is 0 Å². The average molecular weight is 873 g/mol. The van der Waals surface area contributed by atoms with Crippen LogP contribution in [0, 0.1) is 0 Å².